The summed E-state index contributed by atoms with van der Waals surface area (Å²) in [4.78, 5) is 25.3. The predicted molar refractivity (Wildman–Crippen MR) is 112 cm³/mol. The number of benzene rings is 2. The standard InChI is InChI=1S/C23H23NO6/c1-27-16-10-8-15(9-11-16)22-23(21(26)18-6-2-3-7-19(18)30-22)29-14-20(25)24-13-17-5-4-12-28-17/h2-3,6-11,17H,4-5,12-14H2,1H3,(H,24,25)/t17-/m0/s1. The van der Waals surface area contributed by atoms with Crippen molar-refractivity contribution in [1.29, 1.82) is 0 Å². The largest absolute Gasteiger partial charge is 0.497 e. The Kier molecular flexibility index (Phi) is 5.99. The normalized spacial score (nSPS) is 15.8. The van der Waals surface area contributed by atoms with Gasteiger partial charge in [-0.1, -0.05) is 12.1 Å². The van der Waals surface area contributed by atoms with E-state index in [4.69, 9.17) is 18.6 Å². The van der Waals surface area contributed by atoms with Crippen LogP contribution in [0.4, 0.5) is 0 Å². The maximum absolute atomic E-state index is 13.1. The molecule has 0 bridgehead atoms. The molecule has 3 aromatic rings. The molecule has 1 atom stereocenters. The van der Waals surface area contributed by atoms with Crippen molar-refractivity contribution in [3.05, 3.63) is 58.8 Å². The summed E-state index contributed by atoms with van der Waals surface area (Å²) in [7, 11) is 1.58. The Morgan fingerprint density at radius 1 is 1.17 bits per heavy atom. The van der Waals surface area contributed by atoms with Crippen LogP contribution in [0.5, 0.6) is 11.5 Å². The SMILES string of the molecule is COc1ccc(-c2oc3ccccc3c(=O)c2OCC(=O)NC[C@@H]2CCCO2)cc1. The van der Waals surface area contributed by atoms with Gasteiger partial charge in [0, 0.05) is 18.7 Å². The Morgan fingerprint density at radius 2 is 1.97 bits per heavy atom. The van der Waals surface area contributed by atoms with Gasteiger partial charge in [-0.15, -0.1) is 0 Å². The van der Waals surface area contributed by atoms with Gasteiger partial charge in [-0.25, -0.2) is 0 Å². The van der Waals surface area contributed by atoms with E-state index in [9.17, 15) is 9.59 Å². The summed E-state index contributed by atoms with van der Waals surface area (Å²) in [5.74, 6) is 0.635. The molecule has 2 aromatic carbocycles. The van der Waals surface area contributed by atoms with Crippen molar-refractivity contribution in [2.24, 2.45) is 0 Å². The fourth-order valence-corrected chi connectivity index (χ4v) is 3.41. The van der Waals surface area contributed by atoms with Crippen molar-refractivity contribution < 1.29 is 23.4 Å². The molecular weight excluding hydrogens is 386 g/mol. The second-order valence-corrected chi connectivity index (χ2v) is 7.04. The minimum absolute atomic E-state index is 0.00568. The van der Waals surface area contributed by atoms with E-state index >= 15 is 0 Å². The molecule has 0 aliphatic carbocycles. The summed E-state index contributed by atoms with van der Waals surface area (Å²) in [6, 6.07) is 14.0. The maximum Gasteiger partial charge on any atom is 0.258 e. The van der Waals surface area contributed by atoms with Crippen LogP contribution < -0.4 is 20.2 Å². The average molecular weight is 409 g/mol. The van der Waals surface area contributed by atoms with E-state index in [1.54, 1.807) is 55.6 Å². The third kappa shape index (κ3) is 4.31. The summed E-state index contributed by atoms with van der Waals surface area (Å²) < 4.78 is 22.4. The van der Waals surface area contributed by atoms with E-state index < -0.39 is 0 Å². The van der Waals surface area contributed by atoms with Crippen molar-refractivity contribution in [2.75, 3.05) is 26.9 Å². The van der Waals surface area contributed by atoms with E-state index in [2.05, 4.69) is 5.32 Å². The Balaban J connectivity index is 1.60. The van der Waals surface area contributed by atoms with Crippen LogP contribution in [0.15, 0.2) is 57.7 Å². The Bertz CT molecular complexity index is 1080. The van der Waals surface area contributed by atoms with Crippen molar-refractivity contribution in [3.63, 3.8) is 0 Å². The lowest BCUT2D eigenvalue weighted by Crippen LogP contribution is -2.35. The highest BCUT2D eigenvalue weighted by Gasteiger charge is 2.20. The van der Waals surface area contributed by atoms with E-state index in [0.29, 0.717) is 28.8 Å². The highest BCUT2D eigenvalue weighted by molar-refractivity contribution is 5.83. The number of ether oxygens (including phenoxy) is 3. The van der Waals surface area contributed by atoms with Crippen LogP contribution in [0.1, 0.15) is 12.8 Å². The zero-order valence-electron chi connectivity index (χ0n) is 16.7. The zero-order chi connectivity index (χ0) is 20.9. The molecule has 2 heterocycles. The summed E-state index contributed by atoms with van der Waals surface area (Å²) in [5, 5.41) is 3.18. The van der Waals surface area contributed by atoms with Crippen molar-refractivity contribution in [1.82, 2.24) is 5.32 Å². The van der Waals surface area contributed by atoms with Crippen LogP contribution in [0.25, 0.3) is 22.3 Å². The Morgan fingerprint density at radius 3 is 2.70 bits per heavy atom. The maximum atomic E-state index is 13.1. The van der Waals surface area contributed by atoms with Crippen LogP contribution in [-0.4, -0.2) is 38.9 Å². The first-order chi connectivity index (χ1) is 14.7. The minimum atomic E-state index is -0.324. The summed E-state index contributed by atoms with van der Waals surface area (Å²) in [6.45, 7) is 0.860. The number of carbonyl (C=O) groups excluding carboxylic acids is 1. The van der Waals surface area contributed by atoms with Crippen LogP contribution in [-0.2, 0) is 9.53 Å². The van der Waals surface area contributed by atoms with Crippen LogP contribution in [0.3, 0.4) is 0 Å². The molecule has 1 fully saturated rings. The zero-order valence-corrected chi connectivity index (χ0v) is 16.7. The fraction of sp³-hybridized carbons (Fsp3) is 0.304. The molecule has 30 heavy (non-hydrogen) atoms. The lowest BCUT2D eigenvalue weighted by molar-refractivity contribution is -0.123. The third-order valence-corrected chi connectivity index (χ3v) is 5.01. The second kappa shape index (κ2) is 9.00. The molecule has 1 N–H and O–H groups in total. The molecule has 1 aliphatic heterocycles. The number of hydrogen-bond acceptors (Lipinski definition) is 6. The topological polar surface area (TPSA) is 87.0 Å². The minimum Gasteiger partial charge on any atom is -0.497 e. The second-order valence-electron chi connectivity index (χ2n) is 7.04. The molecule has 1 amide bonds. The Hall–Kier alpha value is -3.32. The predicted octanol–water partition coefficient (Wildman–Crippen LogP) is 3.14. The number of methoxy groups -OCH3 is 1. The molecule has 1 aromatic heterocycles. The quantitative estimate of drug-likeness (QED) is 0.645. The molecule has 7 nitrogen and oxygen atoms in total. The van der Waals surface area contributed by atoms with Gasteiger partial charge >= 0.3 is 0 Å². The monoisotopic (exact) mass is 409 g/mol. The number of amides is 1. The smallest absolute Gasteiger partial charge is 0.258 e. The molecule has 4 rings (SSSR count). The van der Waals surface area contributed by atoms with Crippen molar-refractivity contribution in [2.45, 2.75) is 18.9 Å². The van der Waals surface area contributed by atoms with Gasteiger partial charge in [-0.05, 0) is 49.2 Å². The summed E-state index contributed by atoms with van der Waals surface area (Å²) in [6.07, 6.45) is 1.96. The number of carbonyl (C=O) groups is 1. The van der Waals surface area contributed by atoms with Gasteiger partial charge in [0.2, 0.25) is 11.2 Å². The van der Waals surface area contributed by atoms with Crippen LogP contribution in [0.2, 0.25) is 0 Å². The third-order valence-electron chi connectivity index (χ3n) is 5.01. The van der Waals surface area contributed by atoms with Gasteiger partial charge in [0.1, 0.15) is 11.3 Å². The van der Waals surface area contributed by atoms with Gasteiger partial charge in [0.25, 0.3) is 5.91 Å². The fourth-order valence-electron chi connectivity index (χ4n) is 3.41. The molecule has 0 spiro atoms. The lowest BCUT2D eigenvalue weighted by Gasteiger charge is -2.13. The summed E-state index contributed by atoms with van der Waals surface area (Å²) in [5.41, 5.74) is 0.770. The lowest BCUT2D eigenvalue weighted by atomic mass is 10.1. The highest BCUT2D eigenvalue weighted by atomic mass is 16.5. The average Bonchev–Trinajstić information content (AvgIpc) is 3.31. The molecule has 1 saturated heterocycles. The Labute approximate surface area is 173 Å². The van der Waals surface area contributed by atoms with E-state index in [-0.39, 0.29) is 35.6 Å². The number of rotatable bonds is 7. The number of hydrogen-bond donors (Lipinski definition) is 1. The highest BCUT2D eigenvalue weighted by Crippen LogP contribution is 2.31. The van der Waals surface area contributed by atoms with Gasteiger partial charge in [-0.2, -0.15) is 0 Å². The van der Waals surface area contributed by atoms with Crippen LogP contribution >= 0.6 is 0 Å². The first kappa shape index (κ1) is 20.0. The van der Waals surface area contributed by atoms with Gasteiger partial charge in [0.15, 0.2) is 12.4 Å². The number of fused-ring (bicyclic) bond motifs is 1. The molecule has 0 radical (unpaired) electrons. The summed E-state index contributed by atoms with van der Waals surface area (Å²) >= 11 is 0. The first-order valence-electron chi connectivity index (χ1n) is 9.87. The van der Waals surface area contributed by atoms with Crippen molar-refractivity contribution >= 4 is 16.9 Å². The van der Waals surface area contributed by atoms with Gasteiger partial charge in [0.05, 0.1) is 18.6 Å². The molecule has 7 heteroatoms. The molecular formula is C23H23NO6. The number of para-hydroxylation sites is 1. The van der Waals surface area contributed by atoms with E-state index in [0.717, 1.165) is 19.4 Å². The van der Waals surface area contributed by atoms with Crippen LogP contribution in [0, 0.1) is 0 Å². The first-order valence-corrected chi connectivity index (χ1v) is 9.87. The van der Waals surface area contributed by atoms with Gasteiger partial charge < -0.3 is 23.9 Å². The number of nitrogens with one attached hydrogen (secondary N) is 1. The molecule has 1 aliphatic rings. The van der Waals surface area contributed by atoms with Gasteiger partial charge in [-0.3, -0.25) is 9.59 Å². The van der Waals surface area contributed by atoms with E-state index in [1.807, 2.05) is 0 Å². The van der Waals surface area contributed by atoms with E-state index in [1.165, 1.54) is 0 Å². The molecule has 156 valence electrons. The van der Waals surface area contributed by atoms with Crippen molar-refractivity contribution in [3.8, 4) is 22.8 Å². The molecule has 0 saturated carbocycles. The molecule has 0 unspecified atom stereocenters.